The zero-order valence-electron chi connectivity index (χ0n) is 7.81. The molecule has 1 aromatic rings. The highest BCUT2D eigenvalue weighted by Crippen LogP contribution is 2.33. The van der Waals surface area contributed by atoms with Crippen LogP contribution in [0.15, 0.2) is 24.3 Å². The minimum Gasteiger partial charge on any atom is -0.480 e. The molecule has 2 N–H and O–H groups in total. The van der Waals surface area contributed by atoms with Gasteiger partial charge in [-0.15, -0.1) is 11.8 Å². The van der Waals surface area contributed by atoms with Crippen LogP contribution in [0.5, 0.6) is 0 Å². The lowest BCUT2D eigenvalue weighted by Crippen LogP contribution is -2.33. The molecular weight excluding hydrogens is 234 g/mol. The van der Waals surface area contributed by atoms with E-state index in [1.807, 2.05) is 18.2 Å². The van der Waals surface area contributed by atoms with E-state index in [1.165, 1.54) is 0 Å². The Morgan fingerprint density at radius 1 is 1.60 bits per heavy atom. The number of hydrogen-bond donors (Lipinski definition) is 2. The molecule has 2 rings (SSSR count). The van der Waals surface area contributed by atoms with E-state index in [-0.39, 0.29) is 5.37 Å². The first-order valence-corrected chi connectivity index (χ1v) is 5.95. The maximum atomic E-state index is 10.7. The second-order valence-electron chi connectivity index (χ2n) is 3.33. The monoisotopic (exact) mass is 243 g/mol. The number of aliphatic carboxylic acids is 1. The molecular formula is C10H10ClNO2S. The van der Waals surface area contributed by atoms with E-state index in [9.17, 15) is 4.79 Å². The molecule has 1 aliphatic rings. The topological polar surface area (TPSA) is 49.3 Å². The van der Waals surface area contributed by atoms with Crippen LogP contribution in [0, 0.1) is 0 Å². The summed E-state index contributed by atoms with van der Waals surface area (Å²) in [6, 6.07) is 7.02. The summed E-state index contributed by atoms with van der Waals surface area (Å²) in [5.74, 6) is -0.209. The first kappa shape index (κ1) is 10.8. The number of halogens is 1. The molecule has 80 valence electrons. The number of benzene rings is 1. The summed E-state index contributed by atoms with van der Waals surface area (Å²) in [7, 11) is 0. The van der Waals surface area contributed by atoms with Crippen molar-refractivity contribution in [3.8, 4) is 0 Å². The quantitative estimate of drug-likeness (QED) is 0.836. The van der Waals surface area contributed by atoms with Crippen LogP contribution in [0.4, 0.5) is 0 Å². The largest absolute Gasteiger partial charge is 0.480 e. The van der Waals surface area contributed by atoms with E-state index >= 15 is 0 Å². The Balaban J connectivity index is 2.11. The van der Waals surface area contributed by atoms with Gasteiger partial charge in [0.25, 0.3) is 0 Å². The third kappa shape index (κ3) is 2.45. The lowest BCUT2D eigenvalue weighted by Gasteiger charge is -2.11. The van der Waals surface area contributed by atoms with Crippen molar-refractivity contribution in [3.63, 3.8) is 0 Å². The van der Waals surface area contributed by atoms with Gasteiger partial charge in [-0.1, -0.05) is 23.7 Å². The van der Waals surface area contributed by atoms with Crippen molar-refractivity contribution < 1.29 is 9.90 Å². The summed E-state index contributed by atoms with van der Waals surface area (Å²) >= 11 is 7.46. The zero-order chi connectivity index (χ0) is 10.8. The summed E-state index contributed by atoms with van der Waals surface area (Å²) in [5.41, 5.74) is 1.02. The van der Waals surface area contributed by atoms with Gasteiger partial charge in [-0.25, -0.2) is 0 Å². The van der Waals surface area contributed by atoms with Crippen molar-refractivity contribution >= 4 is 29.3 Å². The number of nitrogens with one attached hydrogen (secondary N) is 1. The Hall–Kier alpha value is -0.710. The average molecular weight is 244 g/mol. The Morgan fingerprint density at radius 2 is 2.40 bits per heavy atom. The second kappa shape index (κ2) is 4.43. The molecule has 1 fully saturated rings. The van der Waals surface area contributed by atoms with Gasteiger partial charge in [0.15, 0.2) is 0 Å². The fourth-order valence-corrected chi connectivity index (χ4v) is 2.90. The summed E-state index contributed by atoms with van der Waals surface area (Å²) < 4.78 is 0. The lowest BCUT2D eigenvalue weighted by molar-refractivity contribution is -0.138. The molecule has 0 saturated carbocycles. The molecule has 1 heterocycles. The minimum atomic E-state index is -0.799. The molecule has 1 aliphatic heterocycles. The van der Waals surface area contributed by atoms with Gasteiger partial charge in [-0.3, -0.25) is 10.1 Å². The van der Waals surface area contributed by atoms with Crippen LogP contribution >= 0.6 is 23.4 Å². The molecule has 5 heteroatoms. The normalized spacial score (nSPS) is 25.4. The van der Waals surface area contributed by atoms with E-state index < -0.39 is 12.0 Å². The van der Waals surface area contributed by atoms with Gasteiger partial charge in [-0.2, -0.15) is 0 Å². The highest BCUT2D eigenvalue weighted by molar-refractivity contribution is 7.99. The number of thioether (sulfide) groups is 1. The van der Waals surface area contributed by atoms with Crippen molar-refractivity contribution in [1.29, 1.82) is 0 Å². The molecule has 0 amide bonds. The fraction of sp³-hybridized carbons (Fsp3) is 0.300. The van der Waals surface area contributed by atoms with Crippen molar-refractivity contribution in [2.45, 2.75) is 11.4 Å². The number of carbonyl (C=O) groups is 1. The first-order valence-electron chi connectivity index (χ1n) is 4.53. The third-order valence-corrected chi connectivity index (χ3v) is 3.73. The van der Waals surface area contributed by atoms with Crippen LogP contribution in [0.3, 0.4) is 0 Å². The van der Waals surface area contributed by atoms with E-state index in [1.54, 1.807) is 17.8 Å². The van der Waals surface area contributed by atoms with Crippen LogP contribution in [0.25, 0.3) is 0 Å². The summed E-state index contributed by atoms with van der Waals surface area (Å²) in [5, 5.41) is 12.6. The van der Waals surface area contributed by atoms with Crippen molar-refractivity contribution in [3.05, 3.63) is 34.9 Å². The Labute approximate surface area is 96.8 Å². The molecule has 1 saturated heterocycles. The Kier molecular flexibility index (Phi) is 3.19. The van der Waals surface area contributed by atoms with E-state index in [4.69, 9.17) is 16.7 Å². The number of carboxylic acid groups (broad SMARTS) is 1. The molecule has 0 bridgehead atoms. The highest BCUT2D eigenvalue weighted by Gasteiger charge is 2.30. The van der Waals surface area contributed by atoms with Crippen molar-refractivity contribution in [1.82, 2.24) is 5.32 Å². The third-order valence-electron chi connectivity index (χ3n) is 2.23. The van der Waals surface area contributed by atoms with Crippen LogP contribution in [-0.2, 0) is 4.79 Å². The van der Waals surface area contributed by atoms with Crippen molar-refractivity contribution in [2.24, 2.45) is 0 Å². The molecule has 0 aliphatic carbocycles. The summed E-state index contributed by atoms with van der Waals surface area (Å²) in [6.07, 6.45) is 0. The Bertz CT molecular complexity index is 385. The average Bonchev–Trinajstić information content (AvgIpc) is 2.66. The Morgan fingerprint density at radius 3 is 3.00 bits per heavy atom. The van der Waals surface area contributed by atoms with Gasteiger partial charge >= 0.3 is 5.97 Å². The SMILES string of the molecule is O=C(O)[C@H]1CS[C@@H](c2cccc(Cl)c2)N1. The van der Waals surface area contributed by atoms with Gasteiger partial charge < -0.3 is 5.11 Å². The fourth-order valence-electron chi connectivity index (χ4n) is 1.48. The van der Waals surface area contributed by atoms with Crippen LogP contribution in [-0.4, -0.2) is 22.9 Å². The van der Waals surface area contributed by atoms with Crippen LogP contribution in [0.1, 0.15) is 10.9 Å². The predicted octanol–water partition coefficient (Wildman–Crippen LogP) is 2.13. The zero-order valence-corrected chi connectivity index (χ0v) is 9.39. The first-order chi connectivity index (χ1) is 7.16. The summed E-state index contributed by atoms with van der Waals surface area (Å²) in [4.78, 5) is 10.7. The van der Waals surface area contributed by atoms with E-state index in [0.29, 0.717) is 10.8 Å². The molecule has 0 aromatic heterocycles. The van der Waals surface area contributed by atoms with Crippen LogP contribution < -0.4 is 5.32 Å². The van der Waals surface area contributed by atoms with E-state index in [0.717, 1.165) is 5.56 Å². The standard InChI is InChI=1S/C10H10ClNO2S/c11-7-3-1-2-6(4-7)9-12-8(5-15-9)10(13)14/h1-4,8-9,12H,5H2,(H,13,14)/t8-,9+/m1/s1. The van der Waals surface area contributed by atoms with Crippen LogP contribution in [0.2, 0.25) is 5.02 Å². The predicted molar refractivity (Wildman–Crippen MR) is 61.2 cm³/mol. The van der Waals surface area contributed by atoms with Gasteiger partial charge in [0.2, 0.25) is 0 Å². The minimum absolute atomic E-state index is 0.0322. The van der Waals surface area contributed by atoms with Gasteiger partial charge in [-0.05, 0) is 17.7 Å². The summed E-state index contributed by atoms with van der Waals surface area (Å²) in [6.45, 7) is 0. The molecule has 2 atom stereocenters. The number of carboxylic acids is 1. The molecule has 15 heavy (non-hydrogen) atoms. The van der Waals surface area contributed by atoms with Crippen molar-refractivity contribution in [2.75, 3.05) is 5.75 Å². The molecule has 1 aromatic carbocycles. The highest BCUT2D eigenvalue weighted by atomic mass is 35.5. The lowest BCUT2D eigenvalue weighted by atomic mass is 10.2. The number of rotatable bonds is 2. The maximum absolute atomic E-state index is 10.7. The van der Waals surface area contributed by atoms with Gasteiger partial charge in [0.1, 0.15) is 6.04 Å². The molecule has 3 nitrogen and oxygen atoms in total. The van der Waals surface area contributed by atoms with Gasteiger partial charge in [0, 0.05) is 10.8 Å². The second-order valence-corrected chi connectivity index (χ2v) is 4.90. The number of hydrogen-bond acceptors (Lipinski definition) is 3. The smallest absolute Gasteiger partial charge is 0.321 e. The molecule has 0 radical (unpaired) electrons. The molecule has 0 spiro atoms. The molecule has 0 unspecified atom stereocenters. The van der Waals surface area contributed by atoms with E-state index in [2.05, 4.69) is 5.32 Å². The van der Waals surface area contributed by atoms with Gasteiger partial charge in [0.05, 0.1) is 5.37 Å². The maximum Gasteiger partial charge on any atom is 0.321 e.